The monoisotopic (exact) mass is 260 g/mol. The minimum atomic E-state index is -0.500. The Morgan fingerprint density at radius 1 is 1.21 bits per heavy atom. The van der Waals surface area contributed by atoms with E-state index in [1.807, 2.05) is 13.8 Å². The predicted molar refractivity (Wildman–Crippen MR) is 74.3 cm³/mol. The largest absolute Gasteiger partial charge is 0.508 e. The molecule has 0 aliphatic rings. The number of hydrogen-bond acceptors (Lipinski definition) is 2. The summed E-state index contributed by atoms with van der Waals surface area (Å²) in [6.07, 6.45) is 0.262. The summed E-state index contributed by atoms with van der Waals surface area (Å²) in [6, 6.07) is 6.25. The predicted octanol–water partition coefficient (Wildman–Crippen LogP) is 4.40. The van der Waals surface area contributed by atoms with E-state index >= 15 is 0 Å². The molecule has 0 fully saturated rings. The quantitative estimate of drug-likeness (QED) is 0.830. The third-order valence-electron chi connectivity index (χ3n) is 3.32. The van der Waals surface area contributed by atoms with Gasteiger partial charge in [-0.15, -0.1) is 0 Å². The minimum Gasteiger partial charge on any atom is -0.508 e. The number of halogens is 1. The molecule has 0 spiro atoms. The van der Waals surface area contributed by atoms with Gasteiger partial charge in [-0.3, -0.25) is 4.79 Å². The van der Waals surface area contributed by atoms with E-state index in [-0.39, 0.29) is 29.4 Å². The van der Waals surface area contributed by atoms with Crippen molar-refractivity contribution in [1.82, 2.24) is 0 Å². The first kappa shape index (κ1) is 13.5. The minimum absolute atomic E-state index is 0.0895. The number of carbonyl (C=O) groups is 1. The molecule has 0 amide bonds. The van der Waals surface area contributed by atoms with E-state index in [2.05, 4.69) is 0 Å². The Bertz CT molecular complexity index is 645. The number of fused-ring (bicyclic) bond motifs is 1. The molecule has 19 heavy (non-hydrogen) atoms. The second kappa shape index (κ2) is 5.00. The zero-order chi connectivity index (χ0) is 14.2. The zero-order valence-electron chi connectivity index (χ0n) is 11.3. The van der Waals surface area contributed by atoms with Gasteiger partial charge in [0.25, 0.3) is 0 Å². The summed E-state index contributed by atoms with van der Waals surface area (Å²) in [5.41, 5.74) is 0.869. The van der Waals surface area contributed by atoms with Gasteiger partial charge in [-0.25, -0.2) is 4.39 Å². The molecular formula is C16H17FO2. The molecule has 3 heteroatoms. The summed E-state index contributed by atoms with van der Waals surface area (Å²) in [7, 11) is 0. The van der Waals surface area contributed by atoms with Crippen LogP contribution in [0.2, 0.25) is 0 Å². The van der Waals surface area contributed by atoms with Gasteiger partial charge in [0, 0.05) is 6.42 Å². The highest BCUT2D eigenvalue weighted by molar-refractivity contribution is 6.00. The highest BCUT2D eigenvalue weighted by Crippen LogP contribution is 2.31. The molecule has 1 N–H and O–H groups in total. The molecule has 2 aromatic carbocycles. The number of benzene rings is 2. The SMILES string of the molecule is CCC(=O)c1cc2cc(O)c(C(C)C)cc2cc1F. The van der Waals surface area contributed by atoms with Crippen LogP contribution in [0.3, 0.4) is 0 Å². The second-order valence-corrected chi connectivity index (χ2v) is 5.02. The summed E-state index contributed by atoms with van der Waals surface area (Å²) in [5.74, 6) is -0.389. The van der Waals surface area contributed by atoms with Gasteiger partial charge in [0.05, 0.1) is 5.56 Å². The van der Waals surface area contributed by atoms with E-state index in [4.69, 9.17) is 0 Å². The lowest BCUT2D eigenvalue weighted by atomic mass is 9.96. The number of phenolic OH excluding ortho intramolecular Hbond substituents is 1. The van der Waals surface area contributed by atoms with E-state index in [0.29, 0.717) is 10.8 Å². The molecule has 0 heterocycles. The maximum atomic E-state index is 13.9. The number of ketones is 1. The standard InChI is InChI=1S/C16H17FO2/c1-4-15(18)13-6-11-8-16(19)12(9(2)3)5-10(11)7-14(13)17/h5-9,19H,4H2,1-3H3. The first-order valence-electron chi connectivity index (χ1n) is 6.43. The summed E-state index contributed by atoms with van der Waals surface area (Å²) >= 11 is 0. The van der Waals surface area contributed by atoms with Crippen LogP contribution in [0.25, 0.3) is 10.8 Å². The molecule has 0 aliphatic heterocycles. The average molecular weight is 260 g/mol. The average Bonchev–Trinajstić information content (AvgIpc) is 2.36. The van der Waals surface area contributed by atoms with Crippen molar-refractivity contribution >= 4 is 16.6 Å². The smallest absolute Gasteiger partial charge is 0.165 e. The van der Waals surface area contributed by atoms with Gasteiger partial charge < -0.3 is 5.11 Å². The van der Waals surface area contributed by atoms with Crippen molar-refractivity contribution in [1.29, 1.82) is 0 Å². The van der Waals surface area contributed by atoms with Crippen LogP contribution in [0.4, 0.5) is 4.39 Å². The van der Waals surface area contributed by atoms with Gasteiger partial charge in [0.1, 0.15) is 11.6 Å². The van der Waals surface area contributed by atoms with Crippen molar-refractivity contribution in [2.45, 2.75) is 33.1 Å². The number of Topliss-reactive ketones (excluding diaryl/α,β-unsaturated/α-hetero) is 1. The fourth-order valence-electron chi connectivity index (χ4n) is 2.19. The lowest BCUT2D eigenvalue weighted by Crippen LogP contribution is -2.00. The number of carbonyl (C=O) groups excluding carboxylic acids is 1. The third kappa shape index (κ3) is 2.46. The summed E-state index contributed by atoms with van der Waals surface area (Å²) in [5, 5.41) is 11.3. The zero-order valence-corrected chi connectivity index (χ0v) is 11.3. The highest BCUT2D eigenvalue weighted by atomic mass is 19.1. The fraction of sp³-hybridized carbons (Fsp3) is 0.312. The van der Waals surface area contributed by atoms with Crippen LogP contribution < -0.4 is 0 Å². The van der Waals surface area contributed by atoms with E-state index in [1.165, 1.54) is 12.1 Å². The molecule has 2 aromatic rings. The summed E-state index contributed by atoms with van der Waals surface area (Å²) < 4.78 is 13.9. The molecule has 0 aliphatic carbocycles. The van der Waals surface area contributed by atoms with Gasteiger partial charge in [-0.1, -0.05) is 20.8 Å². The Morgan fingerprint density at radius 2 is 1.84 bits per heavy atom. The van der Waals surface area contributed by atoms with Crippen LogP contribution in [0.15, 0.2) is 24.3 Å². The van der Waals surface area contributed by atoms with Crippen LogP contribution in [-0.2, 0) is 0 Å². The van der Waals surface area contributed by atoms with E-state index in [9.17, 15) is 14.3 Å². The molecule has 0 atom stereocenters. The Balaban J connectivity index is 2.68. The molecule has 0 bridgehead atoms. The van der Waals surface area contributed by atoms with E-state index < -0.39 is 5.82 Å². The maximum Gasteiger partial charge on any atom is 0.165 e. The lowest BCUT2D eigenvalue weighted by molar-refractivity contribution is 0.0984. The van der Waals surface area contributed by atoms with E-state index in [0.717, 1.165) is 5.56 Å². The molecule has 0 aromatic heterocycles. The highest BCUT2D eigenvalue weighted by Gasteiger charge is 2.14. The van der Waals surface area contributed by atoms with Crippen LogP contribution in [-0.4, -0.2) is 10.9 Å². The maximum absolute atomic E-state index is 13.9. The van der Waals surface area contributed by atoms with Crippen LogP contribution >= 0.6 is 0 Å². The Kier molecular flexibility index (Phi) is 3.56. The normalized spacial score (nSPS) is 11.2. The van der Waals surface area contributed by atoms with Crippen molar-refractivity contribution in [2.75, 3.05) is 0 Å². The molecular weight excluding hydrogens is 243 g/mol. The van der Waals surface area contributed by atoms with Crippen molar-refractivity contribution in [3.8, 4) is 5.75 Å². The molecule has 2 nitrogen and oxygen atoms in total. The molecule has 0 saturated carbocycles. The van der Waals surface area contributed by atoms with Crippen molar-refractivity contribution in [2.24, 2.45) is 0 Å². The topological polar surface area (TPSA) is 37.3 Å². The van der Waals surface area contributed by atoms with Gasteiger partial charge in [-0.2, -0.15) is 0 Å². The van der Waals surface area contributed by atoms with Crippen LogP contribution in [0.5, 0.6) is 5.75 Å². The van der Waals surface area contributed by atoms with Gasteiger partial charge >= 0.3 is 0 Å². The Morgan fingerprint density at radius 3 is 2.42 bits per heavy atom. The first-order chi connectivity index (χ1) is 8.93. The van der Waals surface area contributed by atoms with Gasteiger partial charge in [0.15, 0.2) is 5.78 Å². The molecule has 100 valence electrons. The summed E-state index contributed by atoms with van der Waals surface area (Å²) in [6.45, 7) is 5.63. The second-order valence-electron chi connectivity index (χ2n) is 5.02. The fourth-order valence-corrected chi connectivity index (χ4v) is 2.19. The number of aromatic hydroxyl groups is 1. The van der Waals surface area contributed by atoms with E-state index in [1.54, 1.807) is 19.1 Å². The molecule has 0 saturated heterocycles. The molecule has 0 unspecified atom stereocenters. The molecule has 0 radical (unpaired) electrons. The number of phenols is 1. The Labute approximate surface area is 111 Å². The van der Waals surface area contributed by atoms with Crippen LogP contribution in [0.1, 0.15) is 49.0 Å². The number of rotatable bonds is 3. The van der Waals surface area contributed by atoms with Crippen LogP contribution in [0, 0.1) is 5.82 Å². The van der Waals surface area contributed by atoms with Crippen molar-refractivity contribution < 1.29 is 14.3 Å². The first-order valence-corrected chi connectivity index (χ1v) is 6.43. The summed E-state index contributed by atoms with van der Waals surface area (Å²) in [4.78, 5) is 11.6. The lowest BCUT2D eigenvalue weighted by Gasteiger charge is -2.11. The van der Waals surface area contributed by atoms with Crippen molar-refractivity contribution in [3.05, 3.63) is 41.2 Å². The number of hydrogen-bond donors (Lipinski definition) is 1. The molecule has 2 rings (SSSR count). The van der Waals surface area contributed by atoms with Crippen molar-refractivity contribution in [3.63, 3.8) is 0 Å². The van der Waals surface area contributed by atoms with Gasteiger partial charge in [0.2, 0.25) is 0 Å². The Hall–Kier alpha value is -1.90. The third-order valence-corrected chi connectivity index (χ3v) is 3.32. The van der Waals surface area contributed by atoms with Gasteiger partial charge in [-0.05, 0) is 46.5 Å².